The Morgan fingerprint density at radius 1 is 1.06 bits per heavy atom. The summed E-state index contributed by atoms with van der Waals surface area (Å²) in [6.07, 6.45) is -3.51. The Bertz CT molecular complexity index is 348. The first-order valence-corrected chi connectivity index (χ1v) is 6.25. The summed E-state index contributed by atoms with van der Waals surface area (Å²) < 4.78 is 40.6. The number of alkyl halides is 3. The van der Waals surface area contributed by atoms with Crippen molar-refractivity contribution in [3.05, 3.63) is 35.9 Å². The number of nitrogens with one attached hydrogen (secondary N) is 1. The molecule has 0 amide bonds. The van der Waals surface area contributed by atoms with Gasteiger partial charge in [0.2, 0.25) is 0 Å². The zero-order chi connectivity index (χ0) is 13.6. The van der Waals surface area contributed by atoms with E-state index in [2.05, 4.69) is 5.32 Å². The molecule has 0 radical (unpaired) electrons. The van der Waals surface area contributed by atoms with E-state index in [4.69, 9.17) is 0 Å². The lowest BCUT2D eigenvalue weighted by Gasteiger charge is -2.36. The summed E-state index contributed by atoms with van der Waals surface area (Å²) in [5, 5.41) is 2.82. The van der Waals surface area contributed by atoms with E-state index in [0.717, 1.165) is 0 Å². The van der Waals surface area contributed by atoms with Gasteiger partial charge in [0.05, 0.1) is 5.41 Å². The lowest BCUT2D eigenvalue weighted by Crippen LogP contribution is -2.44. The lowest BCUT2D eigenvalue weighted by atomic mass is 9.73. The highest BCUT2D eigenvalue weighted by molar-refractivity contribution is 5.27. The van der Waals surface area contributed by atoms with Crippen LogP contribution in [0.25, 0.3) is 0 Å². The zero-order valence-electron chi connectivity index (χ0n) is 10.8. The van der Waals surface area contributed by atoms with E-state index in [1.54, 1.807) is 44.3 Å². The van der Waals surface area contributed by atoms with Gasteiger partial charge in [0, 0.05) is 0 Å². The van der Waals surface area contributed by atoms with Gasteiger partial charge in [-0.2, -0.15) is 13.2 Å². The van der Waals surface area contributed by atoms with E-state index in [9.17, 15) is 13.2 Å². The maximum Gasteiger partial charge on any atom is 0.398 e. The number of hydrogen-bond acceptors (Lipinski definition) is 1. The molecule has 0 aromatic heterocycles. The van der Waals surface area contributed by atoms with E-state index in [1.165, 1.54) is 0 Å². The number of rotatable bonds is 6. The molecule has 1 nitrogen and oxygen atoms in total. The third-order valence-corrected chi connectivity index (χ3v) is 3.35. The molecule has 0 aliphatic heterocycles. The fourth-order valence-corrected chi connectivity index (χ4v) is 2.38. The molecule has 0 saturated heterocycles. The Morgan fingerprint density at radius 3 is 2.11 bits per heavy atom. The first-order valence-electron chi connectivity index (χ1n) is 6.25. The molecule has 18 heavy (non-hydrogen) atoms. The summed E-state index contributed by atoms with van der Waals surface area (Å²) in [6.45, 7) is 2.15. The molecule has 1 atom stereocenters. The van der Waals surface area contributed by atoms with Gasteiger partial charge in [0.25, 0.3) is 0 Å². The van der Waals surface area contributed by atoms with Crippen molar-refractivity contribution in [3.63, 3.8) is 0 Å². The molecule has 4 heteroatoms. The molecule has 0 heterocycles. The minimum absolute atomic E-state index is 0.0743. The normalized spacial score (nSPS) is 15.4. The monoisotopic (exact) mass is 259 g/mol. The third kappa shape index (κ3) is 3.05. The van der Waals surface area contributed by atoms with Gasteiger partial charge >= 0.3 is 6.18 Å². The van der Waals surface area contributed by atoms with Crippen molar-refractivity contribution >= 4 is 0 Å². The van der Waals surface area contributed by atoms with E-state index in [0.29, 0.717) is 18.5 Å². The predicted octanol–water partition coefficient (Wildman–Crippen LogP) is 3.90. The molecular formula is C14H20F3N. The van der Waals surface area contributed by atoms with Gasteiger partial charge in [-0.3, -0.25) is 0 Å². The summed E-state index contributed by atoms with van der Waals surface area (Å²) in [5.41, 5.74) is -1.36. The highest BCUT2D eigenvalue weighted by Crippen LogP contribution is 2.46. The second kappa shape index (κ2) is 6.23. The number of hydrogen-bond donors (Lipinski definition) is 1. The minimum atomic E-state index is -4.22. The fraction of sp³-hybridized carbons (Fsp3) is 0.571. The average Bonchev–Trinajstić information content (AvgIpc) is 2.34. The van der Waals surface area contributed by atoms with Crippen molar-refractivity contribution in [2.75, 3.05) is 13.6 Å². The van der Waals surface area contributed by atoms with E-state index >= 15 is 0 Å². The Hall–Kier alpha value is -1.03. The van der Waals surface area contributed by atoms with Crippen LogP contribution >= 0.6 is 0 Å². The van der Waals surface area contributed by atoms with Gasteiger partial charge in [0.15, 0.2) is 0 Å². The van der Waals surface area contributed by atoms with Crippen LogP contribution in [0.15, 0.2) is 30.3 Å². The molecular weight excluding hydrogens is 239 g/mol. The molecule has 0 saturated carbocycles. The van der Waals surface area contributed by atoms with Gasteiger partial charge in [-0.25, -0.2) is 0 Å². The van der Waals surface area contributed by atoms with Crippen molar-refractivity contribution < 1.29 is 13.2 Å². The second-order valence-electron chi connectivity index (χ2n) is 4.55. The van der Waals surface area contributed by atoms with Gasteiger partial charge < -0.3 is 5.32 Å². The molecule has 1 aromatic rings. The molecule has 0 aliphatic rings. The molecule has 1 unspecified atom stereocenters. The average molecular weight is 259 g/mol. The van der Waals surface area contributed by atoms with E-state index in [1.807, 2.05) is 0 Å². The van der Waals surface area contributed by atoms with Crippen LogP contribution in [0.5, 0.6) is 0 Å². The van der Waals surface area contributed by atoms with E-state index < -0.39 is 11.6 Å². The predicted molar refractivity (Wildman–Crippen MR) is 67.6 cm³/mol. The summed E-state index contributed by atoms with van der Waals surface area (Å²) >= 11 is 0. The molecule has 1 rings (SSSR count). The largest absolute Gasteiger partial charge is 0.398 e. The van der Waals surface area contributed by atoms with Crippen molar-refractivity contribution in [2.45, 2.75) is 37.8 Å². The summed E-state index contributed by atoms with van der Waals surface area (Å²) in [5.74, 6) is 0. The van der Waals surface area contributed by atoms with Gasteiger partial charge in [-0.15, -0.1) is 0 Å². The Balaban J connectivity index is 3.20. The van der Waals surface area contributed by atoms with Crippen LogP contribution in [-0.4, -0.2) is 19.8 Å². The Kier molecular flexibility index (Phi) is 5.20. The Morgan fingerprint density at radius 2 is 1.67 bits per heavy atom. The highest BCUT2D eigenvalue weighted by atomic mass is 19.4. The Labute approximate surface area is 106 Å². The van der Waals surface area contributed by atoms with Crippen molar-refractivity contribution in [1.29, 1.82) is 0 Å². The standard InChI is InChI=1S/C14H20F3N/c1-3-9-13(10-11-18-2,14(15,16)17)12-7-5-4-6-8-12/h4-8,18H,3,9-11H2,1-2H3. The topological polar surface area (TPSA) is 12.0 Å². The van der Waals surface area contributed by atoms with Crippen molar-refractivity contribution in [1.82, 2.24) is 5.32 Å². The summed E-state index contributed by atoms with van der Waals surface area (Å²) in [6, 6.07) is 8.25. The maximum atomic E-state index is 13.5. The van der Waals surface area contributed by atoms with Crippen LogP contribution in [0.3, 0.4) is 0 Å². The van der Waals surface area contributed by atoms with Crippen LogP contribution in [-0.2, 0) is 5.41 Å². The first-order chi connectivity index (χ1) is 8.48. The van der Waals surface area contributed by atoms with E-state index in [-0.39, 0.29) is 12.8 Å². The molecule has 1 N–H and O–H groups in total. The van der Waals surface area contributed by atoms with Crippen molar-refractivity contribution in [3.8, 4) is 0 Å². The highest BCUT2D eigenvalue weighted by Gasteiger charge is 2.54. The van der Waals surface area contributed by atoms with Crippen LogP contribution < -0.4 is 5.32 Å². The quantitative estimate of drug-likeness (QED) is 0.817. The van der Waals surface area contributed by atoms with Gasteiger partial charge in [-0.05, 0) is 32.0 Å². The maximum absolute atomic E-state index is 13.5. The number of benzene rings is 1. The molecule has 102 valence electrons. The third-order valence-electron chi connectivity index (χ3n) is 3.35. The second-order valence-corrected chi connectivity index (χ2v) is 4.55. The minimum Gasteiger partial charge on any atom is -0.320 e. The smallest absolute Gasteiger partial charge is 0.320 e. The van der Waals surface area contributed by atoms with Crippen molar-refractivity contribution in [2.24, 2.45) is 0 Å². The summed E-state index contributed by atoms with van der Waals surface area (Å²) in [7, 11) is 1.68. The number of halogens is 3. The van der Waals surface area contributed by atoms with Crippen LogP contribution in [0.4, 0.5) is 13.2 Å². The molecule has 0 aliphatic carbocycles. The fourth-order valence-electron chi connectivity index (χ4n) is 2.38. The van der Waals surface area contributed by atoms with Gasteiger partial charge in [-0.1, -0.05) is 43.7 Å². The van der Waals surface area contributed by atoms with Crippen LogP contribution in [0.1, 0.15) is 31.7 Å². The molecule has 1 aromatic carbocycles. The molecule has 0 bridgehead atoms. The molecule has 0 fully saturated rings. The molecule has 0 spiro atoms. The lowest BCUT2D eigenvalue weighted by molar-refractivity contribution is -0.195. The van der Waals surface area contributed by atoms with Gasteiger partial charge in [0.1, 0.15) is 0 Å². The van der Waals surface area contributed by atoms with Crippen LogP contribution in [0.2, 0.25) is 0 Å². The zero-order valence-corrected chi connectivity index (χ0v) is 10.8. The summed E-state index contributed by atoms with van der Waals surface area (Å²) in [4.78, 5) is 0. The van der Waals surface area contributed by atoms with Crippen LogP contribution in [0, 0.1) is 0 Å². The first kappa shape index (κ1) is 15.0. The SMILES string of the molecule is CCCC(CCNC)(c1ccccc1)C(F)(F)F.